The average Bonchev–Trinajstić information content (AvgIpc) is 3.39. The third-order valence-corrected chi connectivity index (χ3v) is 8.38. The van der Waals surface area contributed by atoms with Gasteiger partial charge in [-0.2, -0.15) is 0 Å². The summed E-state index contributed by atoms with van der Waals surface area (Å²) in [5.74, 6) is 0.808. The second-order valence-corrected chi connectivity index (χ2v) is 12.2. The fourth-order valence-electron chi connectivity index (χ4n) is 5.24. The highest BCUT2D eigenvalue weighted by Crippen LogP contribution is 2.44. The van der Waals surface area contributed by atoms with Crippen LogP contribution >= 0.6 is 0 Å². The number of benzene rings is 3. The van der Waals surface area contributed by atoms with Crippen LogP contribution in [-0.2, 0) is 14.0 Å². The summed E-state index contributed by atoms with van der Waals surface area (Å²) in [5, 5.41) is 2.94. The Bertz CT molecular complexity index is 1370. The molecule has 1 fully saturated rings. The number of amides is 1. The summed E-state index contributed by atoms with van der Waals surface area (Å²) in [7, 11) is 3.43. The largest absolute Gasteiger partial charge is 0.492 e. The van der Waals surface area contributed by atoms with Gasteiger partial charge in [0.15, 0.2) is 0 Å². The van der Waals surface area contributed by atoms with Crippen LogP contribution in [0.2, 0.25) is 0 Å². The predicted molar refractivity (Wildman–Crippen MR) is 168 cm³/mol. The molecule has 8 heteroatoms. The number of alkyl carbamates (subject to hydrolysis) is 1. The lowest BCUT2D eigenvalue weighted by molar-refractivity contribution is 0.00578. The summed E-state index contributed by atoms with van der Waals surface area (Å²) in [5.41, 5.74) is 5.48. The molecule has 1 saturated heterocycles. The van der Waals surface area contributed by atoms with E-state index in [1.165, 1.54) is 22.3 Å². The lowest BCUT2D eigenvalue weighted by atomic mass is 9.77. The van der Waals surface area contributed by atoms with Crippen LogP contribution in [0, 0.1) is 0 Å². The molecule has 0 saturated carbocycles. The third kappa shape index (κ3) is 6.56. The number of carbonyl (C=O) groups excluding carboxylic acids is 1. The molecule has 1 amide bonds. The number of likely N-dealkylation sites (N-methyl/N-ethyl adjacent to an activating group) is 1. The number of hydrogen-bond acceptors (Lipinski definition) is 6. The van der Waals surface area contributed by atoms with Crippen molar-refractivity contribution in [3.05, 3.63) is 95.0 Å². The molecule has 3 aromatic carbocycles. The molecule has 0 aromatic heterocycles. The molecule has 0 bridgehead atoms. The number of fused-ring (bicyclic) bond motifs is 3. The smallest absolute Gasteiger partial charge is 0.492 e. The second kappa shape index (κ2) is 12.3. The Labute approximate surface area is 250 Å². The van der Waals surface area contributed by atoms with Gasteiger partial charge in [0, 0.05) is 19.0 Å². The summed E-state index contributed by atoms with van der Waals surface area (Å²) >= 11 is 0. The SMILES string of the molecule is CN(C)CCOc1ccc(C=C(CNC(=O)OCC2c3ccccc3-c3ccccc32)B2OC(C)(C)C(C)(C)O2)cc1. The quantitative estimate of drug-likeness (QED) is 0.295. The van der Waals surface area contributed by atoms with Crippen LogP contribution in [-0.4, -0.2) is 69.7 Å². The molecular weight excluding hydrogens is 527 g/mol. The molecule has 42 heavy (non-hydrogen) atoms. The van der Waals surface area contributed by atoms with E-state index in [1.54, 1.807) is 0 Å². The van der Waals surface area contributed by atoms with Gasteiger partial charge in [0.1, 0.15) is 19.0 Å². The van der Waals surface area contributed by atoms with Gasteiger partial charge in [-0.05, 0) is 87.2 Å². The van der Waals surface area contributed by atoms with Crippen LogP contribution < -0.4 is 10.1 Å². The van der Waals surface area contributed by atoms with Crippen LogP contribution in [0.3, 0.4) is 0 Å². The van der Waals surface area contributed by atoms with Crippen LogP contribution in [0.4, 0.5) is 4.79 Å². The summed E-state index contributed by atoms with van der Waals surface area (Å²) < 4.78 is 24.3. The standard InChI is InChI=1S/C34H41BN2O5/c1-33(2)34(3,4)42-35(41-33)25(21-24-15-17-26(18-16-24)39-20-19-37(5)6)22-36-32(38)40-23-31-29-13-9-7-11-27(29)28-12-8-10-14-30(28)31/h7-18,21,31H,19-20,22-23H2,1-6H3,(H,36,38). The van der Waals surface area contributed by atoms with Crippen molar-refractivity contribution in [2.24, 2.45) is 0 Å². The van der Waals surface area contributed by atoms with E-state index in [9.17, 15) is 4.79 Å². The summed E-state index contributed by atoms with van der Waals surface area (Å²) in [6, 6.07) is 24.5. The van der Waals surface area contributed by atoms with Crippen molar-refractivity contribution in [2.75, 3.05) is 40.4 Å². The van der Waals surface area contributed by atoms with Gasteiger partial charge < -0.3 is 29.0 Å². The molecule has 1 aliphatic heterocycles. The predicted octanol–water partition coefficient (Wildman–Crippen LogP) is 6.18. The molecule has 0 atom stereocenters. The Morgan fingerprint density at radius 3 is 2.05 bits per heavy atom. The van der Waals surface area contributed by atoms with Gasteiger partial charge in [0.2, 0.25) is 0 Å². The van der Waals surface area contributed by atoms with Gasteiger partial charge in [-0.3, -0.25) is 0 Å². The van der Waals surface area contributed by atoms with E-state index in [0.29, 0.717) is 6.61 Å². The minimum Gasteiger partial charge on any atom is -0.492 e. The monoisotopic (exact) mass is 568 g/mol. The van der Waals surface area contributed by atoms with Gasteiger partial charge >= 0.3 is 13.2 Å². The summed E-state index contributed by atoms with van der Waals surface area (Å²) in [6.45, 7) is 10.00. The minimum atomic E-state index is -0.611. The molecule has 0 radical (unpaired) electrons. The van der Waals surface area contributed by atoms with E-state index in [4.69, 9.17) is 18.8 Å². The molecule has 1 aliphatic carbocycles. The van der Waals surface area contributed by atoms with Crippen LogP contribution in [0.15, 0.2) is 78.3 Å². The number of carbonyl (C=O) groups is 1. The number of rotatable bonds is 10. The Kier molecular flexibility index (Phi) is 8.78. The highest BCUT2D eigenvalue weighted by molar-refractivity contribution is 6.56. The summed E-state index contributed by atoms with van der Waals surface area (Å²) in [4.78, 5) is 15.1. The maximum Gasteiger partial charge on any atom is 0.492 e. The molecule has 3 aromatic rings. The van der Waals surface area contributed by atoms with E-state index < -0.39 is 24.4 Å². The molecule has 220 valence electrons. The molecule has 1 heterocycles. The van der Waals surface area contributed by atoms with E-state index in [0.717, 1.165) is 23.3 Å². The Balaban J connectivity index is 1.26. The van der Waals surface area contributed by atoms with Gasteiger partial charge in [-0.25, -0.2) is 4.79 Å². The number of hydrogen-bond donors (Lipinski definition) is 1. The van der Waals surface area contributed by atoms with Gasteiger partial charge in [0.05, 0.1) is 11.2 Å². The zero-order valence-electron chi connectivity index (χ0n) is 25.5. The second-order valence-electron chi connectivity index (χ2n) is 12.2. The first-order valence-corrected chi connectivity index (χ1v) is 14.6. The van der Waals surface area contributed by atoms with Crippen molar-refractivity contribution in [1.82, 2.24) is 10.2 Å². The van der Waals surface area contributed by atoms with Crippen LogP contribution in [0.5, 0.6) is 5.75 Å². The van der Waals surface area contributed by atoms with Crippen LogP contribution in [0.25, 0.3) is 17.2 Å². The fourth-order valence-corrected chi connectivity index (χ4v) is 5.24. The van der Waals surface area contributed by atoms with Crippen molar-refractivity contribution >= 4 is 19.3 Å². The van der Waals surface area contributed by atoms with Gasteiger partial charge in [-0.1, -0.05) is 66.7 Å². The van der Waals surface area contributed by atoms with E-state index in [-0.39, 0.29) is 19.1 Å². The molecule has 1 N–H and O–H groups in total. The van der Waals surface area contributed by atoms with E-state index in [1.807, 2.05) is 96.4 Å². The Hall–Kier alpha value is -3.59. The molecule has 7 nitrogen and oxygen atoms in total. The molecular formula is C34H41BN2O5. The topological polar surface area (TPSA) is 69.3 Å². The third-order valence-electron chi connectivity index (χ3n) is 8.38. The first-order valence-electron chi connectivity index (χ1n) is 14.6. The maximum absolute atomic E-state index is 13.0. The fraction of sp³-hybridized carbons (Fsp3) is 0.382. The van der Waals surface area contributed by atoms with Gasteiger partial charge in [0.25, 0.3) is 0 Å². The molecule has 2 aliphatic rings. The minimum absolute atomic E-state index is 0.000261. The highest BCUT2D eigenvalue weighted by atomic mass is 16.7. The van der Waals surface area contributed by atoms with Crippen molar-refractivity contribution in [2.45, 2.75) is 44.8 Å². The Morgan fingerprint density at radius 2 is 1.48 bits per heavy atom. The zero-order valence-corrected chi connectivity index (χ0v) is 25.5. The lowest BCUT2D eigenvalue weighted by Crippen LogP contribution is -2.41. The first kappa shape index (κ1) is 29.9. The first-order chi connectivity index (χ1) is 20.0. The van der Waals surface area contributed by atoms with Crippen molar-refractivity contribution in [3.8, 4) is 16.9 Å². The van der Waals surface area contributed by atoms with Crippen molar-refractivity contribution in [3.63, 3.8) is 0 Å². The maximum atomic E-state index is 13.0. The molecule has 5 rings (SSSR count). The molecule has 0 unspecified atom stereocenters. The molecule has 0 spiro atoms. The van der Waals surface area contributed by atoms with Gasteiger partial charge in [-0.15, -0.1) is 0 Å². The van der Waals surface area contributed by atoms with Crippen molar-refractivity contribution < 1.29 is 23.6 Å². The number of nitrogens with zero attached hydrogens (tertiary/aromatic N) is 1. The lowest BCUT2D eigenvalue weighted by Gasteiger charge is -2.32. The van der Waals surface area contributed by atoms with Crippen molar-refractivity contribution in [1.29, 1.82) is 0 Å². The zero-order chi connectivity index (χ0) is 29.9. The van der Waals surface area contributed by atoms with E-state index in [2.05, 4.69) is 34.5 Å². The van der Waals surface area contributed by atoms with E-state index >= 15 is 0 Å². The normalized spacial score (nSPS) is 17.2. The highest BCUT2D eigenvalue weighted by Gasteiger charge is 2.52. The summed E-state index contributed by atoms with van der Waals surface area (Å²) in [6.07, 6.45) is 1.51. The number of nitrogens with one attached hydrogen (secondary N) is 1. The average molecular weight is 569 g/mol. The van der Waals surface area contributed by atoms with Crippen LogP contribution in [0.1, 0.15) is 50.3 Å². The Morgan fingerprint density at radius 1 is 0.905 bits per heavy atom. The number of ether oxygens (including phenoxy) is 2.